The number of rotatable bonds is 4. The molecule has 1 aromatic rings. The Morgan fingerprint density at radius 1 is 1.36 bits per heavy atom. The van der Waals surface area contributed by atoms with Crippen LogP contribution in [0.5, 0.6) is 0 Å². The number of carbonyl (C=O) groups excluding carboxylic acids is 2. The van der Waals surface area contributed by atoms with Gasteiger partial charge in [-0.15, -0.1) is 0 Å². The molecule has 0 aliphatic carbocycles. The molecule has 0 bridgehead atoms. The molecule has 1 unspecified atom stereocenters. The Labute approximate surface area is 132 Å². The summed E-state index contributed by atoms with van der Waals surface area (Å²) in [6.45, 7) is 6.90. The molecule has 1 aromatic heterocycles. The molecule has 2 amide bonds. The van der Waals surface area contributed by atoms with Crippen molar-refractivity contribution < 1.29 is 9.59 Å². The highest BCUT2D eigenvalue weighted by Gasteiger charge is 2.38. The van der Waals surface area contributed by atoms with Crippen LogP contribution in [0.1, 0.15) is 39.3 Å². The number of carbonyl (C=O) groups is 2. The van der Waals surface area contributed by atoms with E-state index in [0.717, 1.165) is 18.5 Å². The van der Waals surface area contributed by atoms with Gasteiger partial charge in [0.2, 0.25) is 11.8 Å². The van der Waals surface area contributed by atoms with Crippen LogP contribution in [0.15, 0.2) is 24.4 Å². The van der Waals surface area contributed by atoms with E-state index in [1.54, 1.807) is 11.1 Å². The Hall–Kier alpha value is -1.91. The van der Waals surface area contributed by atoms with Crippen LogP contribution < -0.4 is 5.32 Å². The van der Waals surface area contributed by atoms with Gasteiger partial charge in [-0.1, -0.05) is 26.8 Å². The SMILES string of the molecule is CC(C)(C)C(=O)N1CCCC1C(=O)NCCc1ccccn1. The molecule has 1 aliphatic heterocycles. The number of nitrogens with zero attached hydrogens (tertiary/aromatic N) is 2. The first-order valence-electron chi connectivity index (χ1n) is 7.88. The molecular weight excluding hydrogens is 278 g/mol. The molecule has 5 nitrogen and oxygen atoms in total. The average Bonchev–Trinajstić information content (AvgIpc) is 2.95. The lowest BCUT2D eigenvalue weighted by Gasteiger charge is -2.30. The Kier molecular flexibility index (Phi) is 5.16. The van der Waals surface area contributed by atoms with Crippen LogP contribution in [0, 0.1) is 5.41 Å². The Bertz CT molecular complexity index is 522. The molecule has 5 heteroatoms. The van der Waals surface area contributed by atoms with E-state index in [1.165, 1.54) is 0 Å². The summed E-state index contributed by atoms with van der Waals surface area (Å²) in [6.07, 6.45) is 4.09. The predicted octanol–water partition coefficient (Wildman–Crippen LogP) is 1.78. The summed E-state index contributed by atoms with van der Waals surface area (Å²) in [6, 6.07) is 5.42. The lowest BCUT2D eigenvalue weighted by Crippen LogP contribution is -2.49. The number of hydrogen-bond acceptors (Lipinski definition) is 3. The molecule has 0 saturated carbocycles. The van der Waals surface area contributed by atoms with Gasteiger partial charge < -0.3 is 10.2 Å². The van der Waals surface area contributed by atoms with E-state index < -0.39 is 5.41 Å². The maximum Gasteiger partial charge on any atom is 0.242 e. The summed E-state index contributed by atoms with van der Waals surface area (Å²) in [5.74, 6) is 0.000840. The molecule has 1 aliphatic rings. The largest absolute Gasteiger partial charge is 0.354 e. The van der Waals surface area contributed by atoms with Gasteiger partial charge in [0.15, 0.2) is 0 Å². The maximum atomic E-state index is 12.4. The fourth-order valence-corrected chi connectivity index (χ4v) is 2.69. The van der Waals surface area contributed by atoms with Crippen molar-refractivity contribution in [2.75, 3.05) is 13.1 Å². The fourth-order valence-electron chi connectivity index (χ4n) is 2.69. The van der Waals surface area contributed by atoms with Gasteiger partial charge in [0.1, 0.15) is 6.04 Å². The van der Waals surface area contributed by atoms with E-state index in [2.05, 4.69) is 10.3 Å². The second kappa shape index (κ2) is 6.90. The number of likely N-dealkylation sites (tertiary alicyclic amines) is 1. The molecule has 1 atom stereocenters. The predicted molar refractivity (Wildman–Crippen MR) is 85.1 cm³/mol. The van der Waals surface area contributed by atoms with Crippen molar-refractivity contribution in [3.8, 4) is 0 Å². The van der Waals surface area contributed by atoms with Crippen molar-refractivity contribution in [3.05, 3.63) is 30.1 Å². The Morgan fingerprint density at radius 3 is 2.77 bits per heavy atom. The van der Waals surface area contributed by atoms with Gasteiger partial charge in [-0.25, -0.2) is 0 Å². The summed E-state index contributed by atoms with van der Waals surface area (Å²) in [4.78, 5) is 30.7. The number of amides is 2. The van der Waals surface area contributed by atoms with Gasteiger partial charge in [-0.2, -0.15) is 0 Å². The molecule has 1 fully saturated rings. The van der Waals surface area contributed by atoms with Crippen LogP contribution in [0.3, 0.4) is 0 Å². The van der Waals surface area contributed by atoms with Crippen LogP contribution >= 0.6 is 0 Å². The van der Waals surface area contributed by atoms with Gasteiger partial charge in [0.25, 0.3) is 0 Å². The second-order valence-electron chi connectivity index (χ2n) is 6.77. The first kappa shape index (κ1) is 16.5. The highest BCUT2D eigenvalue weighted by Crippen LogP contribution is 2.25. The number of hydrogen-bond donors (Lipinski definition) is 1. The quantitative estimate of drug-likeness (QED) is 0.922. The van der Waals surface area contributed by atoms with Crippen LogP contribution in [0.4, 0.5) is 0 Å². The summed E-state index contributed by atoms with van der Waals surface area (Å²) in [5, 5.41) is 2.94. The fraction of sp³-hybridized carbons (Fsp3) is 0.588. The zero-order valence-corrected chi connectivity index (χ0v) is 13.6. The van der Waals surface area contributed by atoms with Crippen molar-refractivity contribution in [1.29, 1.82) is 0 Å². The third-order valence-corrected chi connectivity index (χ3v) is 3.86. The smallest absolute Gasteiger partial charge is 0.242 e. The second-order valence-corrected chi connectivity index (χ2v) is 6.77. The van der Waals surface area contributed by atoms with Crippen molar-refractivity contribution in [1.82, 2.24) is 15.2 Å². The standard InChI is InChI=1S/C17H25N3O2/c1-17(2,3)16(22)20-12-6-8-14(20)15(21)19-11-9-13-7-4-5-10-18-13/h4-5,7,10,14H,6,8-9,11-12H2,1-3H3,(H,19,21). The van der Waals surface area contributed by atoms with Crippen LogP contribution in [0.2, 0.25) is 0 Å². The third kappa shape index (κ3) is 4.06. The highest BCUT2D eigenvalue weighted by molar-refractivity contribution is 5.90. The van der Waals surface area contributed by atoms with Gasteiger partial charge in [-0.05, 0) is 25.0 Å². The molecule has 0 aromatic carbocycles. The van der Waals surface area contributed by atoms with Crippen LogP contribution in [-0.2, 0) is 16.0 Å². The Balaban J connectivity index is 1.87. The monoisotopic (exact) mass is 303 g/mol. The number of aromatic nitrogens is 1. The minimum atomic E-state index is -0.448. The molecule has 1 saturated heterocycles. The normalized spacial score (nSPS) is 18.3. The number of pyridine rings is 1. The number of nitrogens with one attached hydrogen (secondary N) is 1. The molecule has 1 N–H and O–H groups in total. The third-order valence-electron chi connectivity index (χ3n) is 3.86. The average molecular weight is 303 g/mol. The van der Waals surface area contributed by atoms with Crippen molar-refractivity contribution in [2.45, 2.75) is 46.1 Å². The van der Waals surface area contributed by atoms with Gasteiger partial charge in [0.05, 0.1) is 0 Å². The molecule has 0 spiro atoms. The van der Waals surface area contributed by atoms with E-state index >= 15 is 0 Å². The van der Waals surface area contributed by atoms with Crippen molar-refractivity contribution >= 4 is 11.8 Å². The summed E-state index contributed by atoms with van der Waals surface area (Å²) in [7, 11) is 0. The summed E-state index contributed by atoms with van der Waals surface area (Å²) in [5.41, 5.74) is 0.508. The van der Waals surface area contributed by atoms with E-state index in [-0.39, 0.29) is 17.9 Å². The van der Waals surface area contributed by atoms with E-state index in [1.807, 2.05) is 39.0 Å². The first-order valence-corrected chi connectivity index (χ1v) is 7.88. The topological polar surface area (TPSA) is 62.3 Å². The molecule has 120 valence electrons. The van der Waals surface area contributed by atoms with Crippen molar-refractivity contribution in [2.24, 2.45) is 5.41 Å². The van der Waals surface area contributed by atoms with Crippen LogP contribution in [0.25, 0.3) is 0 Å². The molecule has 2 heterocycles. The zero-order valence-electron chi connectivity index (χ0n) is 13.6. The molecule has 2 rings (SSSR count). The summed E-state index contributed by atoms with van der Waals surface area (Å²) < 4.78 is 0. The lowest BCUT2D eigenvalue weighted by molar-refractivity contribution is -0.144. The maximum absolute atomic E-state index is 12.4. The highest BCUT2D eigenvalue weighted by atomic mass is 16.2. The van der Waals surface area contributed by atoms with E-state index in [0.29, 0.717) is 19.5 Å². The minimum absolute atomic E-state index is 0.0500. The zero-order chi connectivity index (χ0) is 16.2. The van der Waals surface area contributed by atoms with Gasteiger partial charge >= 0.3 is 0 Å². The van der Waals surface area contributed by atoms with E-state index in [4.69, 9.17) is 0 Å². The van der Waals surface area contributed by atoms with Gasteiger partial charge in [0, 0.05) is 36.8 Å². The Morgan fingerprint density at radius 2 is 2.14 bits per heavy atom. The van der Waals surface area contributed by atoms with Gasteiger partial charge in [-0.3, -0.25) is 14.6 Å². The lowest BCUT2D eigenvalue weighted by atomic mass is 9.94. The van der Waals surface area contributed by atoms with E-state index in [9.17, 15) is 9.59 Å². The molecular formula is C17H25N3O2. The van der Waals surface area contributed by atoms with Crippen LogP contribution in [-0.4, -0.2) is 40.8 Å². The first-order chi connectivity index (χ1) is 10.4. The molecule has 22 heavy (non-hydrogen) atoms. The molecule has 0 radical (unpaired) electrons. The summed E-state index contributed by atoms with van der Waals surface area (Å²) >= 11 is 0. The van der Waals surface area contributed by atoms with Crippen molar-refractivity contribution in [3.63, 3.8) is 0 Å². The minimum Gasteiger partial charge on any atom is -0.354 e.